The molecule has 0 aromatic heterocycles. The molecule has 162 valence electrons. The van der Waals surface area contributed by atoms with Gasteiger partial charge in [0.05, 0.1) is 11.8 Å². The van der Waals surface area contributed by atoms with E-state index in [0.29, 0.717) is 11.8 Å². The number of imide groups is 1. The molecule has 1 aromatic carbocycles. The van der Waals surface area contributed by atoms with E-state index in [1.807, 2.05) is 32.0 Å². The number of allylic oxidation sites excluding steroid dienone is 2. The summed E-state index contributed by atoms with van der Waals surface area (Å²) < 4.78 is 0. The molecule has 3 amide bonds. The minimum Gasteiger partial charge on any atom is -0.325 e. The number of benzene rings is 1. The average molecular weight is 419 g/mol. The van der Waals surface area contributed by atoms with E-state index in [9.17, 15) is 14.4 Å². The van der Waals surface area contributed by atoms with Crippen LogP contribution in [-0.2, 0) is 14.4 Å². The third-order valence-electron chi connectivity index (χ3n) is 8.86. The molecule has 4 fully saturated rings. The fourth-order valence-corrected chi connectivity index (χ4v) is 7.17. The maximum Gasteiger partial charge on any atom is 0.233 e. The highest BCUT2D eigenvalue weighted by Crippen LogP contribution is 2.65. The molecule has 1 heterocycles. The predicted molar refractivity (Wildman–Crippen MR) is 117 cm³/mol. The molecule has 3 saturated carbocycles. The number of carbonyl (C=O) groups excluding carboxylic acids is 3. The van der Waals surface area contributed by atoms with E-state index in [1.54, 1.807) is 4.90 Å². The van der Waals surface area contributed by atoms with Crippen LogP contribution in [0.2, 0.25) is 0 Å². The molecule has 5 nitrogen and oxygen atoms in total. The molecule has 0 unspecified atom stereocenters. The normalized spacial score (nSPS) is 40.0. The van der Waals surface area contributed by atoms with Crippen molar-refractivity contribution >= 4 is 23.4 Å². The van der Waals surface area contributed by atoms with Crippen LogP contribution in [0.4, 0.5) is 5.69 Å². The van der Waals surface area contributed by atoms with E-state index >= 15 is 0 Å². The van der Waals surface area contributed by atoms with Crippen molar-refractivity contribution in [3.8, 4) is 0 Å². The monoisotopic (exact) mass is 418 g/mol. The molecule has 1 aromatic rings. The van der Waals surface area contributed by atoms with Crippen LogP contribution in [0.15, 0.2) is 30.4 Å². The van der Waals surface area contributed by atoms with E-state index in [0.717, 1.165) is 42.5 Å². The highest BCUT2D eigenvalue weighted by atomic mass is 16.2. The lowest BCUT2D eigenvalue weighted by molar-refractivity contribution is -0.144. The Morgan fingerprint density at radius 1 is 0.903 bits per heavy atom. The Bertz CT molecular complexity index is 950. The zero-order valence-corrected chi connectivity index (χ0v) is 18.2. The van der Waals surface area contributed by atoms with Crippen LogP contribution < -0.4 is 5.32 Å². The van der Waals surface area contributed by atoms with Crippen molar-refractivity contribution in [3.05, 3.63) is 41.5 Å². The average Bonchev–Trinajstić information content (AvgIpc) is 3.54. The molecule has 0 radical (unpaired) electrons. The third kappa shape index (κ3) is 2.78. The van der Waals surface area contributed by atoms with Gasteiger partial charge >= 0.3 is 0 Å². The topological polar surface area (TPSA) is 66.5 Å². The summed E-state index contributed by atoms with van der Waals surface area (Å²) in [4.78, 5) is 41.2. The highest BCUT2D eigenvalue weighted by molar-refractivity contribution is 6.06. The summed E-state index contributed by atoms with van der Waals surface area (Å²) in [7, 11) is 0. The minimum absolute atomic E-state index is 0.0365. The molecule has 5 heteroatoms. The van der Waals surface area contributed by atoms with Crippen molar-refractivity contribution in [2.45, 2.75) is 52.0 Å². The van der Waals surface area contributed by atoms with Gasteiger partial charge in [0.1, 0.15) is 0 Å². The number of hydrogen-bond donors (Lipinski definition) is 1. The number of para-hydroxylation sites is 1. The standard InChI is InChI=1S/C26H30N2O3/c1-13-4-3-5-14(2)23(13)27-24(29)15-6-8-16(9-7-15)28-25(30)21-17-10-11-18(20-12-19(17)20)22(21)26(28)31/h3-5,10-11,15-22H,6-9,12H2,1-2H3,(H,27,29)/t15?,16?,17-,18-,19-,20-,21+,22+/m1/s1. The number of rotatable bonds is 3. The number of carbonyl (C=O) groups is 3. The van der Waals surface area contributed by atoms with Crippen LogP contribution >= 0.6 is 0 Å². The molecule has 1 saturated heterocycles. The van der Waals surface area contributed by atoms with Crippen LogP contribution in [0.5, 0.6) is 0 Å². The summed E-state index contributed by atoms with van der Waals surface area (Å²) >= 11 is 0. The molecule has 1 aliphatic heterocycles. The summed E-state index contributed by atoms with van der Waals surface area (Å²) in [5.74, 6) is 1.75. The second-order valence-electron chi connectivity index (χ2n) is 10.5. The Balaban J connectivity index is 1.12. The van der Waals surface area contributed by atoms with Gasteiger partial charge < -0.3 is 5.32 Å². The van der Waals surface area contributed by atoms with Gasteiger partial charge in [0, 0.05) is 17.6 Å². The van der Waals surface area contributed by atoms with Crippen molar-refractivity contribution in [1.29, 1.82) is 0 Å². The van der Waals surface area contributed by atoms with Crippen LogP contribution in [0.3, 0.4) is 0 Å². The van der Waals surface area contributed by atoms with Gasteiger partial charge in [0.15, 0.2) is 0 Å². The van der Waals surface area contributed by atoms with Crippen molar-refractivity contribution in [2.24, 2.45) is 41.4 Å². The molecule has 1 N–H and O–H groups in total. The zero-order chi connectivity index (χ0) is 21.4. The summed E-state index contributed by atoms with van der Waals surface area (Å²) in [6.07, 6.45) is 8.56. The van der Waals surface area contributed by atoms with Gasteiger partial charge in [-0.15, -0.1) is 0 Å². The zero-order valence-electron chi connectivity index (χ0n) is 18.2. The minimum atomic E-state index is -0.115. The first-order valence-electron chi connectivity index (χ1n) is 11.9. The third-order valence-corrected chi connectivity index (χ3v) is 8.86. The number of amides is 3. The fraction of sp³-hybridized carbons (Fsp3) is 0.577. The predicted octanol–water partition coefficient (Wildman–Crippen LogP) is 3.85. The Labute approximate surface area is 183 Å². The smallest absolute Gasteiger partial charge is 0.233 e. The van der Waals surface area contributed by atoms with E-state index in [-0.39, 0.29) is 53.4 Å². The largest absolute Gasteiger partial charge is 0.325 e. The number of hydrogen-bond acceptors (Lipinski definition) is 3. The number of nitrogens with zero attached hydrogens (tertiary/aromatic N) is 1. The van der Waals surface area contributed by atoms with Crippen molar-refractivity contribution < 1.29 is 14.4 Å². The summed E-state index contributed by atoms with van der Waals surface area (Å²) in [6, 6.07) is 5.98. The lowest BCUT2D eigenvalue weighted by Crippen LogP contribution is -2.44. The van der Waals surface area contributed by atoms with Crippen molar-refractivity contribution in [3.63, 3.8) is 0 Å². The van der Waals surface area contributed by atoms with Crippen LogP contribution in [0, 0.1) is 55.3 Å². The highest BCUT2D eigenvalue weighted by Gasteiger charge is 2.67. The van der Waals surface area contributed by atoms with Gasteiger partial charge in [-0.1, -0.05) is 30.4 Å². The summed E-state index contributed by atoms with van der Waals surface area (Å²) in [5, 5.41) is 3.13. The van der Waals surface area contributed by atoms with Crippen LogP contribution in [0.1, 0.15) is 43.2 Å². The van der Waals surface area contributed by atoms with E-state index in [4.69, 9.17) is 0 Å². The van der Waals surface area contributed by atoms with Gasteiger partial charge in [0.2, 0.25) is 17.7 Å². The lowest BCUT2D eigenvalue weighted by atomic mass is 9.63. The Morgan fingerprint density at radius 2 is 1.45 bits per heavy atom. The van der Waals surface area contributed by atoms with Gasteiger partial charge in [-0.3, -0.25) is 19.3 Å². The first-order valence-corrected chi connectivity index (χ1v) is 11.9. The van der Waals surface area contributed by atoms with Crippen LogP contribution in [-0.4, -0.2) is 28.7 Å². The molecule has 0 spiro atoms. The molecule has 2 bridgehead atoms. The molecule has 6 atom stereocenters. The van der Waals surface area contributed by atoms with Gasteiger partial charge in [0.25, 0.3) is 0 Å². The van der Waals surface area contributed by atoms with Crippen molar-refractivity contribution in [1.82, 2.24) is 4.90 Å². The first-order chi connectivity index (χ1) is 15.0. The maximum absolute atomic E-state index is 13.3. The SMILES string of the molecule is Cc1cccc(C)c1NC(=O)C1CCC(N2C(=O)[C@H]3[C@@H]4C=C[C@H]([C@H]5C[C@H]45)[C@@H]3C2=O)CC1. The molecule has 5 aliphatic carbocycles. The second kappa shape index (κ2) is 6.78. The fourth-order valence-electron chi connectivity index (χ4n) is 7.17. The van der Waals surface area contributed by atoms with Gasteiger partial charge in [-0.2, -0.15) is 0 Å². The second-order valence-corrected chi connectivity index (χ2v) is 10.5. The molecular weight excluding hydrogens is 388 g/mol. The van der Waals surface area contributed by atoms with Gasteiger partial charge in [-0.05, 0) is 80.8 Å². The van der Waals surface area contributed by atoms with Gasteiger partial charge in [-0.25, -0.2) is 0 Å². The molecule has 31 heavy (non-hydrogen) atoms. The first kappa shape index (κ1) is 19.3. The molecular formula is C26H30N2O3. The Morgan fingerprint density at radius 3 is 2.00 bits per heavy atom. The number of likely N-dealkylation sites (tertiary alicyclic amines) is 1. The number of anilines is 1. The lowest BCUT2D eigenvalue weighted by Gasteiger charge is -2.37. The molecule has 7 rings (SSSR count). The van der Waals surface area contributed by atoms with E-state index < -0.39 is 0 Å². The van der Waals surface area contributed by atoms with Crippen molar-refractivity contribution in [2.75, 3.05) is 5.32 Å². The number of aryl methyl sites for hydroxylation is 2. The quantitative estimate of drug-likeness (QED) is 0.599. The summed E-state index contributed by atoms with van der Waals surface area (Å²) in [6.45, 7) is 4.02. The van der Waals surface area contributed by atoms with E-state index in [1.165, 1.54) is 6.42 Å². The van der Waals surface area contributed by atoms with E-state index in [2.05, 4.69) is 17.5 Å². The summed E-state index contributed by atoms with van der Waals surface area (Å²) in [5.41, 5.74) is 3.04. The maximum atomic E-state index is 13.3. The Hall–Kier alpha value is -2.43. The van der Waals surface area contributed by atoms with Crippen LogP contribution in [0.25, 0.3) is 0 Å². The molecule has 6 aliphatic rings. The Kier molecular flexibility index (Phi) is 4.22. The number of nitrogens with one attached hydrogen (secondary N) is 1.